The highest BCUT2D eigenvalue weighted by Gasteiger charge is 2.35. The number of amides is 2. The second-order valence-corrected chi connectivity index (χ2v) is 7.81. The van der Waals surface area contributed by atoms with Gasteiger partial charge in [-0.15, -0.1) is 6.58 Å². The molecule has 148 valence electrons. The topological polar surface area (TPSA) is 105 Å². The zero-order valence-corrected chi connectivity index (χ0v) is 15.7. The summed E-state index contributed by atoms with van der Waals surface area (Å²) < 4.78 is 45.8. The number of carbonyl (C=O) groups is 2. The van der Waals surface area contributed by atoms with Crippen LogP contribution in [0.1, 0.15) is 12.0 Å². The van der Waals surface area contributed by atoms with E-state index in [-0.39, 0.29) is 30.1 Å². The van der Waals surface area contributed by atoms with Crippen LogP contribution in [0.5, 0.6) is 0 Å². The summed E-state index contributed by atoms with van der Waals surface area (Å²) in [6, 6.07) is 3.52. The van der Waals surface area contributed by atoms with Crippen molar-refractivity contribution in [2.75, 3.05) is 26.2 Å². The largest absolute Gasteiger partial charge is 0.360 e. The Bertz CT molecular complexity index is 828. The van der Waals surface area contributed by atoms with Crippen LogP contribution in [-0.2, 0) is 24.3 Å². The van der Waals surface area contributed by atoms with Crippen molar-refractivity contribution in [2.24, 2.45) is 0 Å². The number of carbonyl (C=O) groups excluding carboxylic acids is 2. The number of nitrogens with zero attached hydrogens (tertiary/aromatic N) is 1. The molecule has 8 nitrogen and oxygen atoms in total. The molecule has 1 aliphatic rings. The van der Waals surface area contributed by atoms with Crippen molar-refractivity contribution in [3.8, 4) is 0 Å². The van der Waals surface area contributed by atoms with Gasteiger partial charge >= 0.3 is 11.8 Å². The van der Waals surface area contributed by atoms with Crippen LogP contribution in [0.2, 0.25) is 0 Å². The normalized spacial score (nSPS) is 17.9. The Balaban J connectivity index is 2.11. The van der Waals surface area contributed by atoms with Crippen molar-refractivity contribution >= 4 is 21.8 Å². The van der Waals surface area contributed by atoms with Crippen LogP contribution in [-0.4, -0.2) is 57.0 Å². The summed E-state index contributed by atoms with van der Waals surface area (Å²) in [5.41, 5.74) is 0.206. The second kappa shape index (κ2) is 9.07. The van der Waals surface area contributed by atoms with Crippen molar-refractivity contribution in [3.05, 3.63) is 42.2 Å². The summed E-state index contributed by atoms with van der Waals surface area (Å²) in [7, 11) is -3.96. The number of benzene rings is 1. The van der Waals surface area contributed by atoms with Gasteiger partial charge in [0.15, 0.2) is 0 Å². The van der Waals surface area contributed by atoms with Gasteiger partial charge in [0.1, 0.15) is 12.0 Å². The van der Waals surface area contributed by atoms with E-state index in [2.05, 4.69) is 17.2 Å². The lowest BCUT2D eigenvalue weighted by atomic mass is 10.2. The van der Waals surface area contributed by atoms with Crippen LogP contribution in [0.3, 0.4) is 0 Å². The lowest BCUT2D eigenvalue weighted by Gasteiger charge is -2.34. The molecule has 1 aliphatic heterocycles. The van der Waals surface area contributed by atoms with Crippen LogP contribution in [0.25, 0.3) is 0 Å². The maximum Gasteiger partial charge on any atom is 0.309 e. The fourth-order valence-electron chi connectivity index (χ4n) is 2.52. The third-order valence-corrected chi connectivity index (χ3v) is 5.83. The molecular weight excluding hydrogens is 377 g/mol. The molecule has 2 amide bonds. The van der Waals surface area contributed by atoms with E-state index in [1.165, 1.54) is 25.1 Å². The number of aryl methyl sites for hydroxylation is 1. The third-order valence-electron chi connectivity index (χ3n) is 3.94. The Morgan fingerprint density at radius 3 is 2.74 bits per heavy atom. The van der Waals surface area contributed by atoms with Gasteiger partial charge in [-0.25, -0.2) is 12.8 Å². The highest BCUT2D eigenvalue weighted by molar-refractivity contribution is 7.89. The molecule has 27 heavy (non-hydrogen) atoms. The third kappa shape index (κ3) is 5.12. The maximum absolute atomic E-state index is 13.5. The molecule has 10 heteroatoms. The minimum Gasteiger partial charge on any atom is -0.360 e. The van der Waals surface area contributed by atoms with E-state index in [4.69, 9.17) is 4.74 Å². The molecule has 1 saturated heterocycles. The minimum atomic E-state index is -3.96. The number of halogens is 1. The van der Waals surface area contributed by atoms with Gasteiger partial charge in [-0.3, -0.25) is 9.59 Å². The molecule has 0 aromatic heterocycles. The van der Waals surface area contributed by atoms with Gasteiger partial charge in [0.2, 0.25) is 10.0 Å². The molecule has 1 atom stereocenters. The first-order valence-corrected chi connectivity index (χ1v) is 9.78. The first-order chi connectivity index (χ1) is 12.8. The Morgan fingerprint density at radius 2 is 2.07 bits per heavy atom. The zero-order valence-electron chi connectivity index (χ0n) is 14.9. The Labute approximate surface area is 157 Å². The molecule has 0 spiro atoms. The van der Waals surface area contributed by atoms with Crippen LogP contribution < -0.4 is 10.6 Å². The van der Waals surface area contributed by atoms with Crippen molar-refractivity contribution in [1.82, 2.24) is 14.9 Å². The molecule has 0 radical (unpaired) electrons. The van der Waals surface area contributed by atoms with Crippen molar-refractivity contribution < 1.29 is 27.1 Å². The average Bonchev–Trinajstić information content (AvgIpc) is 2.66. The molecule has 0 aliphatic carbocycles. The minimum absolute atomic E-state index is 0.0630. The molecule has 1 fully saturated rings. The molecule has 0 bridgehead atoms. The highest BCUT2D eigenvalue weighted by atomic mass is 32.2. The van der Waals surface area contributed by atoms with E-state index in [0.29, 0.717) is 13.0 Å². The summed E-state index contributed by atoms with van der Waals surface area (Å²) in [5.74, 6) is -2.26. The quantitative estimate of drug-likeness (QED) is 0.529. The number of sulfonamides is 1. The Kier molecular flexibility index (Phi) is 7.05. The number of hydrogen-bond acceptors (Lipinski definition) is 5. The second-order valence-electron chi connectivity index (χ2n) is 5.91. The van der Waals surface area contributed by atoms with Gasteiger partial charge in [0.05, 0.1) is 18.0 Å². The molecule has 1 unspecified atom stereocenters. The van der Waals surface area contributed by atoms with Crippen LogP contribution in [0.4, 0.5) is 4.39 Å². The predicted molar refractivity (Wildman–Crippen MR) is 95.6 cm³/mol. The lowest BCUT2D eigenvalue weighted by Crippen LogP contribution is -2.53. The van der Waals surface area contributed by atoms with E-state index in [1.54, 1.807) is 0 Å². The molecular formula is C17H22FN3O5S. The van der Waals surface area contributed by atoms with Crippen LogP contribution in [0, 0.1) is 12.7 Å². The van der Waals surface area contributed by atoms with E-state index >= 15 is 0 Å². The lowest BCUT2D eigenvalue weighted by molar-refractivity contribution is -0.140. The van der Waals surface area contributed by atoms with Gasteiger partial charge < -0.3 is 15.4 Å². The van der Waals surface area contributed by atoms with Gasteiger partial charge in [0, 0.05) is 13.1 Å². The van der Waals surface area contributed by atoms with Crippen molar-refractivity contribution in [3.63, 3.8) is 0 Å². The number of ether oxygens (including phenoxy) is 1. The number of nitrogens with one attached hydrogen (secondary N) is 2. The van der Waals surface area contributed by atoms with Gasteiger partial charge in [-0.05, 0) is 37.1 Å². The summed E-state index contributed by atoms with van der Waals surface area (Å²) in [6.45, 7) is 5.34. The molecule has 2 N–H and O–H groups in total. The van der Waals surface area contributed by atoms with Crippen LogP contribution in [0.15, 0.2) is 35.7 Å². The van der Waals surface area contributed by atoms with Gasteiger partial charge in [-0.1, -0.05) is 6.08 Å². The first-order valence-electron chi connectivity index (χ1n) is 8.34. The Hall–Kier alpha value is -2.30. The highest BCUT2D eigenvalue weighted by Crippen LogP contribution is 2.23. The molecule has 1 aromatic rings. The smallest absolute Gasteiger partial charge is 0.309 e. The summed E-state index contributed by atoms with van der Waals surface area (Å²) in [5, 5.41) is 4.68. The monoisotopic (exact) mass is 399 g/mol. The Morgan fingerprint density at radius 1 is 1.37 bits per heavy atom. The summed E-state index contributed by atoms with van der Waals surface area (Å²) >= 11 is 0. The fourth-order valence-corrected chi connectivity index (χ4v) is 4.17. The zero-order chi connectivity index (χ0) is 20.0. The van der Waals surface area contributed by atoms with Crippen LogP contribution >= 0.6 is 0 Å². The van der Waals surface area contributed by atoms with Gasteiger partial charge in [0.25, 0.3) is 0 Å². The van der Waals surface area contributed by atoms with E-state index in [1.807, 2.05) is 0 Å². The van der Waals surface area contributed by atoms with E-state index < -0.39 is 33.9 Å². The van der Waals surface area contributed by atoms with Crippen molar-refractivity contribution in [2.45, 2.75) is 24.5 Å². The summed E-state index contributed by atoms with van der Waals surface area (Å²) in [4.78, 5) is 23.3. The summed E-state index contributed by atoms with van der Waals surface area (Å²) in [6.07, 6.45) is 0.934. The molecule has 1 heterocycles. The van der Waals surface area contributed by atoms with E-state index in [9.17, 15) is 22.4 Å². The number of hydrogen-bond donors (Lipinski definition) is 2. The van der Waals surface area contributed by atoms with Crippen molar-refractivity contribution in [1.29, 1.82) is 0 Å². The number of rotatable bonds is 6. The first kappa shape index (κ1) is 21.0. The SMILES string of the molecule is C=CCNC(=O)C(=O)NCC1OCCCN1S(=O)(=O)c1ccc(F)c(C)c1. The predicted octanol–water partition coefficient (Wildman–Crippen LogP) is 0.290. The fraction of sp³-hybridized carbons (Fsp3) is 0.412. The van der Waals surface area contributed by atoms with Gasteiger partial charge in [-0.2, -0.15) is 4.31 Å². The maximum atomic E-state index is 13.5. The molecule has 1 aromatic carbocycles. The van der Waals surface area contributed by atoms with E-state index in [0.717, 1.165) is 10.4 Å². The molecule has 2 rings (SSSR count). The molecule has 0 saturated carbocycles. The average molecular weight is 399 g/mol. The standard InChI is InChI=1S/C17H22FN3O5S/c1-3-7-19-16(22)17(23)20-11-15-21(8-4-9-26-15)27(24,25)13-5-6-14(18)12(2)10-13/h3,5-6,10,15H,1,4,7-9,11H2,2H3,(H,19,22)(H,20,23).